The first-order chi connectivity index (χ1) is 5.56. The second-order valence-corrected chi connectivity index (χ2v) is 3.12. The third-order valence-electron chi connectivity index (χ3n) is 1.12. The minimum Gasteiger partial charge on any atom is -0.289 e. The molecule has 2 atom stereocenters. The molecule has 1 aliphatic heterocycles. The Hall–Kier alpha value is 0.150. The lowest BCUT2D eigenvalue weighted by atomic mass is 10.6. The Labute approximate surface area is 78.5 Å². The number of alkyl halides is 7. The molecule has 2 nitrogen and oxygen atoms in total. The fraction of sp³-hybridized carbons (Fsp3) is 1.00. The molecule has 1 saturated heterocycles. The Kier molecular flexibility index (Phi) is 2.43. The zero-order chi connectivity index (χ0) is 10.5. The molecule has 0 saturated carbocycles. The van der Waals surface area contributed by atoms with E-state index in [0.29, 0.717) is 0 Å². The monoisotopic (exact) mass is 246 g/mol. The van der Waals surface area contributed by atoms with Gasteiger partial charge in [0.2, 0.25) is 0 Å². The maximum Gasteiger partial charge on any atom is 0.440 e. The summed E-state index contributed by atoms with van der Waals surface area (Å²) in [5.74, 6) is 0. The molecule has 0 amide bonds. The number of ether oxygens (including phenoxy) is 2. The number of halogens is 7. The van der Waals surface area contributed by atoms with E-state index in [9.17, 15) is 22.0 Å². The van der Waals surface area contributed by atoms with Crippen LogP contribution in [0.4, 0.5) is 22.0 Å². The molecule has 0 aromatic heterocycles. The van der Waals surface area contributed by atoms with Crippen LogP contribution < -0.4 is 0 Å². The van der Waals surface area contributed by atoms with E-state index >= 15 is 0 Å². The molecule has 0 aromatic rings. The SMILES string of the molecule is FC(F)(F)C1OC(F)(Cl)C(F)(Cl)O1. The van der Waals surface area contributed by atoms with Crippen molar-refractivity contribution >= 4 is 23.2 Å². The van der Waals surface area contributed by atoms with Gasteiger partial charge in [0, 0.05) is 0 Å². The molecule has 0 aliphatic carbocycles. The van der Waals surface area contributed by atoms with Gasteiger partial charge in [-0.25, -0.2) is 0 Å². The van der Waals surface area contributed by atoms with E-state index in [2.05, 4.69) is 32.7 Å². The fourth-order valence-corrected chi connectivity index (χ4v) is 0.815. The first-order valence-electron chi connectivity index (χ1n) is 2.74. The first-order valence-corrected chi connectivity index (χ1v) is 3.50. The van der Waals surface area contributed by atoms with E-state index in [4.69, 9.17) is 0 Å². The maximum atomic E-state index is 12.6. The smallest absolute Gasteiger partial charge is 0.289 e. The molecule has 9 heteroatoms. The summed E-state index contributed by atoms with van der Waals surface area (Å²) in [7, 11) is 0. The van der Waals surface area contributed by atoms with Crippen LogP contribution in [-0.4, -0.2) is 23.1 Å². The van der Waals surface area contributed by atoms with Crippen LogP contribution in [-0.2, 0) is 9.47 Å². The van der Waals surface area contributed by atoms with Crippen LogP contribution in [0, 0.1) is 0 Å². The van der Waals surface area contributed by atoms with Gasteiger partial charge in [-0.15, -0.1) is 0 Å². The van der Waals surface area contributed by atoms with Crippen molar-refractivity contribution in [3.8, 4) is 0 Å². The largest absolute Gasteiger partial charge is 0.440 e. The highest BCUT2D eigenvalue weighted by Gasteiger charge is 2.68. The van der Waals surface area contributed by atoms with Crippen LogP contribution in [0.25, 0.3) is 0 Å². The second-order valence-electron chi connectivity index (χ2n) is 2.14. The van der Waals surface area contributed by atoms with Crippen LogP contribution in [0.1, 0.15) is 0 Å². The lowest BCUT2D eigenvalue weighted by Gasteiger charge is -2.15. The van der Waals surface area contributed by atoms with Crippen molar-refractivity contribution in [3.63, 3.8) is 0 Å². The fourth-order valence-electron chi connectivity index (χ4n) is 0.564. The van der Waals surface area contributed by atoms with Crippen molar-refractivity contribution in [3.05, 3.63) is 0 Å². The van der Waals surface area contributed by atoms with Gasteiger partial charge in [-0.3, -0.25) is 9.47 Å². The first kappa shape index (κ1) is 11.2. The molecule has 1 aliphatic rings. The van der Waals surface area contributed by atoms with E-state index in [1.165, 1.54) is 0 Å². The summed E-state index contributed by atoms with van der Waals surface area (Å²) < 4.78 is 67.1. The summed E-state index contributed by atoms with van der Waals surface area (Å²) in [4.78, 5) is 0. The minimum atomic E-state index is -5.10. The van der Waals surface area contributed by atoms with Gasteiger partial charge in [0.25, 0.3) is 6.29 Å². The summed E-state index contributed by atoms with van der Waals surface area (Å²) in [6.07, 6.45) is -8.22. The van der Waals surface area contributed by atoms with Crippen LogP contribution in [0.3, 0.4) is 0 Å². The van der Waals surface area contributed by atoms with Crippen LogP contribution in [0.2, 0.25) is 0 Å². The predicted octanol–water partition coefficient (Wildman–Crippen LogP) is 2.65. The van der Waals surface area contributed by atoms with Crippen molar-refractivity contribution in [1.82, 2.24) is 0 Å². The van der Waals surface area contributed by atoms with Gasteiger partial charge in [0.15, 0.2) is 0 Å². The Balaban J connectivity index is 2.83. The van der Waals surface area contributed by atoms with E-state index in [1.807, 2.05) is 0 Å². The number of rotatable bonds is 0. The van der Waals surface area contributed by atoms with Crippen LogP contribution in [0.5, 0.6) is 0 Å². The third-order valence-corrected chi connectivity index (χ3v) is 1.88. The van der Waals surface area contributed by atoms with Crippen molar-refractivity contribution in [1.29, 1.82) is 0 Å². The molecule has 0 aromatic carbocycles. The average molecular weight is 247 g/mol. The van der Waals surface area contributed by atoms with Crippen LogP contribution in [0.15, 0.2) is 0 Å². The molecule has 1 heterocycles. The number of hydrogen-bond donors (Lipinski definition) is 0. The summed E-state index contributed by atoms with van der Waals surface area (Å²) in [5, 5.41) is -7.70. The predicted molar refractivity (Wildman–Crippen MR) is 31.4 cm³/mol. The second kappa shape index (κ2) is 2.82. The van der Waals surface area contributed by atoms with Gasteiger partial charge < -0.3 is 0 Å². The Morgan fingerprint density at radius 1 is 1.00 bits per heavy atom. The molecule has 0 radical (unpaired) electrons. The molecule has 13 heavy (non-hydrogen) atoms. The highest BCUT2D eigenvalue weighted by atomic mass is 35.5. The Morgan fingerprint density at radius 2 is 1.31 bits per heavy atom. The van der Waals surface area contributed by atoms with Crippen molar-refractivity contribution in [2.75, 3.05) is 0 Å². The lowest BCUT2D eigenvalue weighted by molar-refractivity contribution is -0.291. The lowest BCUT2D eigenvalue weighted by Crippen LogP contribution is -2.34. The summed E-state index contributed by atoms with van der Waals surface area (Å²) in [6, 6.07) is 0. The highest BCUT2D eigenvalue weighted by Crippen LogP contribution is 2.50. The summed E-state index contributed by atoms with van der Waals surface area (Å²) in [5.41, 5.74) is 0. The van der Waals surface area contributed by atoms with Gasteiger partial charge >= 0.3 is 16.8 Å². The standard InChI is InChI=1S/C4HCl2F5O2/c5-3(10)4(6,11)13-1(12-3)2(7,8)9/h1H. The van der Waals surface area contributed by atoms with Gasteiger partial charge in [0.1, 0.15) is 0 Å². The zero-order valence-corrected chi connectivity index (χ0v) is 7.05. The van der Waals surface area contributed by atoms with Crippen LogP contribution >= 0.6 is 23.2 Å². The van der Waals surface area contributed by atoms with E-state index in [1.54, 1.807) is 0 Å². The molecule has 1 rings (SSSR count). The van der Waals surface area contributed by atoms with E-state index in [-0.39, 0.29) is 0 Å². The molecule has 1 fully saturated rings. The summed E-state index contributed by atoms with van der Waals surface area (Å²) in [6.45, 7) is 0. The number of hydrogen-bond acceptors (Lipinski definition) is 2. The van der Waals surface area contributed by atoms with Crippen molar-refractivity contribution in [2.45, 2.75) is 23.1 Å². The molecular formula is C4HCl2F5O2. The minimum absolute atomic E-state index is 3.11. The quantitative estimate of drug-likeness (QED) is 0.483. The highest BCUT2D eigenvalue weighted by molar-refractivity contribution is 6.32. The molecule has 0 N–H and O–H groups in total. The maximum absolute atomic E-state index is 12.6. The van der Waals surface area contributed by atoms with Crippen molar-refractivity contribution in [2.24, 2.45) is 0 Å². The summed E-state index contributed by atoms with van der Waals surface area (Å²) >= 11 is 9.08. The molecular weight excluding hydrogens is 246 g/mol. The normalized spacial score (nSPS) is 46.8. The average Bonchev–Trinajstić information content (AvgIpc) is 2.00. The van der Waals surface area contributed by atoms with Gasteiger partial charge in [-0.1, -0.05) is 0 Å². The Bertz CT molecular complexity index is 199. The van der Waals surface area contributed by atoms with Gasteiger partial charge in [-0.05, 0) is 23.2 Å². The Morgan fingerprint density at radius 3 is 1.46 bits per heavy atom. The van der Waals surface area contributed by atoms with Gasteiger partial charge in [0.05, 0.1) is 0 Å². The molecule has 2 unspecified atom stereocenters. The molecule has 78 valence electrons. The van der Waals surface area contributed by atoms with Crippen molar-refractivity contribution < 1.29 is 31.4 Å². The molecule has 0 bridgehead atoms. The topological polar surface area (TPSA) is 18.5 Å². The van der Waals surface area contributed by atoms with Gasteiger partial charge in [-0.2, -0.15) is 22.0 Å². The zero-order valence-electron chi connectivity index (χ0n) is 5.54. The molecule has 0 spiro atoms. The third kappa shape index (κ3) is 1.98. The van der Waals surface area contributed by atoms with E-state index < -0.39 is 23.1 Å². The van der Waals surface area contributed by atoms with E-state index in [0.717, 1.165) is 0 Å².